The van der Waals surface area contributed by atoms with Crippen molar-refractivity contribution in [3.63, 3.8) is 0 Å². The van der Waals surface area contributed by atoms with Crippen molar-refractivity contribution in [3.8, 4) is 0 Å². The van der Waals surface area contributed by atoms with Crippen molar-refractivity contribution in [2.24, 2.45) is 0 Å². The summed E-state index contributed by atoms with van der Waals surface area (Å²) in [6, 6.07) is 11.1. The first-order valence-corrected chi connectivity index (χ1v) is 10.7. The Bertz CT molecular complexity index is 472. The summed E-state index contributed by atoms with van der Waals surface area (Å²) in [5, 5.41) is 0. The molecule has 1 unspecified atom stereocenters. The summed E-state index contributed by atoms with van der Waals surface area (Å²) in [4.78, 5) is 2.66. The molecule has 0 N–H and O–H groups in total. The van der Waals surface area contributed by atoms with Gasteiger partial charge in [0.2, 0.25) is 0 Å². The fourth-order valence-electron chi connectivity index (χ4n) is 2.81. The molecular formula is C17H23Cl3HfN. The van der Waals surface area contributed by atoms with E-state index >= 15 is 0 Å². The number of benzene rings is 1. The van der Waals surface area contributed by atoms with Crippen LogP contribution in [0.2, 0.25) is 0 Å². The minimum atomic E-state index is -0.920. The van der Waals surface area contributed by atoms with Crippen molar-refractivity contribution in [2.45, 2.75) is 30.5 Å². The van der Waals surface area contributed by atoms with Crippen molar-refractivity contribution in [3.05, 3.63) is 57.5 Å². The molecule has 5 heteroatoms. The second-order valence-corrected chi connectivity index (χ2v) is 11.8. The number of halogens is 3. The number of hydrogen-bond donors (Lipinski definition) is 0. The van der Waals surface area contributed by atoms with Gasteiger partial charge in [-0.25, -0.2) is 0 Å². The Labute approximate surface area is 165 Å². The van der Waals surface area contributed by atoms with Gasteiger partial charge in [0.1, 0.15) is 0 Å². The largest absolute Gasteiger partial charge is 1.00 e. The molecule has 0 heterocycles. The summed E-state index contributed by atoms with van der Waals surface area (Å²) in [7, 11) is 0. The molecule has 1 aliphatic carbocycles. The van der Waals surface area contributed by atoms with Gasteiger partial charge in [0.25, 0.3) is 0 Å². The predicted molar refractivity (Wildman–Crippen MR) is 78.6 cm³/mol. The van der Waals surface area contributed by atoms with Gasteiger partial charge in [-0.2, -0.15) is 0 Å². The van der Waals surface area contributed by atoms with E-state index in [1.807, 2.05) is 0 Å². The van der Waals surface area contributed by atoms with Crippen LogP contribution in [-0.2, 0) is 26.2 Å². The maximum absolute atomic E-state index is 2.66. The fraction of sp³-hybridized carbons (Fsp3) is 0.412. The molecule has 0 spiro atoms. The number of allylic oxidation sites excluding steroid dienone is 4. The third-order valence-corrected chi connectivity index (χ3v) is 10.3. The van der Waals surface area contributed by atoms with Crippen LogP contribution >= 0.6 is 0 Å². The molecule has 1 atom stereocenters. The van der Waals surface area contributed by atoms with Crippen LogP contribution in [0.5, 0.6) is 0 Å². The summed E-state index contributed by atoms with van der Waals surface area (Å²) in [6.45, 7) is 9.31. The molecule has 1 aliphatic rings. The van der Waals surface area contributed by atoms with E-state index in [2.05, 4.69) is 74.2 Å². The first-order chi connectivity index (χ1) is 9.20. The second-order valence-electron chi connectivity index (χ2n) is 5.06. The van der Waals surface area contributed by atoms with E-state index in [0.29, 0.717) is 3.30 Å². The van der Waals surface area contributed by atoms with Crippen LogP contribution < -0.4 is 37.2 Å². The van der Waals surface area contributed by atoms with Crippen molar-refractivity contribution in [1.82, 2.24) is 4.90 Å². The molecule has 0 radical (unpaired) electrons. The minimum Gasteiger partial charge on any atom is -1.00 e. The molecule has 0 bridgehead atoms. The second kappa shape index (κ2) is 11.9. The number of hydrogen-bond acceptors (Lipinski definition) is 1. The van der Waals surface area contributed by atoms with Gasteiger partial charge < -0.3 is 37.2 Å². The topological polar surface area (TPSA) is 3.24 Å². The van der Waals surface area contributed by atoms with Crippen LogP contribution in [0, 0.1) is 0 Å². The molecule has 1 nitrogen and oxygen atoms in total. The van der Waals surface area contributed by atoms with Gasteiger partial charge in [0.05, 0.1) is 0 Å². The summed E-state index contributed by atoms with van der Waals surface area (Å²) in [5.41, 5.74) is 1.51. The van der Waals surface area contributed by atoms with Crippen molar-refractivity contribution in [2.75, 3.05) is 13.1 Å². The Morgan fingerprint density at radius 1 is 1.05 bits per heavy atom. The van der Waals surface area contributed by atoms with Gasteiger partial charge >= 0.3 is 129 Å². The molecule has 1 aromatic carbocycles. The van der Waals surface area contributed by atoms with Gasteiger partial charge in [-0.05, 0) is 0 Å². The van der Waals surface area contributed by atoms with Crippen LogP contribution in [0.1, 0.15) is 32.8 Å². The molecule has 0 saturated heterocycles. The molecule has 2 rings (SSSR count). The van der Waals surface area contributed by atoms with Gasteiger partial charge in [-0.15, -0.1) is 0 Å². The van der Waals surface area contributed by atoms with Crippen LogP contribution in [-0.4, -0.2) is 18.0 Å². The van der Waals surface area contributed by atoms with Gasteiger partial charge in [-0.3, -0.25) is 0 Å². The van der Waals surface area contributed by atoms with E-state index < -0.39 is 22.9 Å². The zero-order valence-corrected chi connectivity index (χ0v) is 19.2. The molecule has 0 aliphatic heterocycles. The maximum atomic E-state index is 2.66. The van der Waals surface area contributed by atoms with E-state index in [1.165, 1.54) is 12.0 Å². The average Bonchev–Trinajstić information content (AvgIpc) is 2.94. The first-order valence-electron chi connectivity index (χ1n) is 7.15. The maximum Gasteiger partial charge on any atom is -1.00 e. The zero-order chi connectivity index (χ0) is 13.7. The van der Waals surface area contributed by atoms with Crippen LogP contribution in [0.25, 0.3) is 0 Å². The van der Waals surface area contributed by atoms with E-state index in [-0.39, 0.29) is 37.2 Å². The Kier molecular flexibility index (Phi) is 13.3. The molecule has 22 heavy (non-hydrogen) atoms. The van der Waals surface area contributed by atoms with E-state index in [9.17, 15) is 0 Å². The Morgan fingerprint density at radius 3 is 2.09 bits per heavy atom. The monoisotopic (exact) mass is 526 g/mol. The van der Waals surface area contributed by atoms with Crippen molar-refractivity contribution < 1.29 is 60.1 Å². The molecule has 121 valence electrons. The summed E-state index contributed by atoms with van der Waals surface area (Å²) >= 11 is -0.920. The quantitative estimate of drug-likeness (QED) is 0.337. The Balaban J connectivity index is 0. The third-order valence-electron chi connectivity index (χ3n) is 3.91. The molecule has 1 aromatic rings. The number of nitrogens with zero attached hydrogens (tertiary/aromatic N) is 1. The van der Waals surface area contributed by atoms with Gasteiger partial charge in [0.15, 0.2) is 0 Å². The average molecular weight is 526 g/mol. The minimum absolute atomic E-state index is 0. The van der Waals surface area contributed by atoms with Gasteiger partial charge in [0, 0.05) is 0 Å². The predicted octanol–water partition coefficient (Wildman–Crippen LogP) is -4.86. The first kappa shape index (κ1) is 24.7. The molecule has 0 saturated carbocycles. The zero-order valence-electron chi connectivity index (χ0n) is 13.3. The van der Waals surface area contributed by atoms with Crippen molar-refractivity contribution >= 4 is 0 Å². The molecular weight excluding hydrogens is 503 g/mol. The van der Waals surface area contributed by atoms with Crippen LogP contribution in [0.4, 0.5) is 0 Å². The third kappa shape index (κ3) is 5.79. The fourth-order valence-corrected chi connectivity index (χ4v) is 9.31. The standard InChI is InChI=1S/C12H18N.C5H5.3ClH.Hf/c1-4-13(5-2)11(3)12-9-7-6-8-10-12;1-2-4-5-3-1;;;;/h6-10H,4-5H2,1-3H3;1-3H,4H2;3*1H;/q;;;;;+3/p-3. The molecule has 0 aromatic heterocycles. The summed E-state index contributed by atoms with van der Waals surface area (Å²) in [5.74, 6) is 0. The van der Waals surface area contributed by atoms with Crippen LogP contribution in [0.15, 0.2) is 51.9 Å². The van der Waals surface area contributed by atoms with E-state index in [1.54, 1.807) is 3.33 Å². The summed E-state index contributed by atoms with van der Waals surface area (Å²) in [6.07, 6.45) is 8.10. The Morgan fingerprint density at radius 2 is 1.64 bits per heavy atom. The van der Waals surface area contributed by atoms with Crippen molar-refractivity contribution in [1.29, 1.82) is 0 Å². The number of rotatable bonds is 6. The normalized spacial score (nSPS) is 14.8. The Hall–Kier alpha value is 0.400. The SMILES string of the molecule is CCN(CC)[C](C)([Hf+3][C]1=CC=CC1)c1ccccc1.[Cl-].[Cl-].[Cl-]. The molecule has 0 amide bonds. The smallest absolute Gasteiger partial charge is 1.00 e. The van der Waals surface area contributed by atoms with Gasteiger partial charge in [-0.1, -0.05) is 0 Å². The van der Waals surface area contributed by atoms with E-state index in [4.69, 9.17) is 0 Å². The van der Waals surface area contributed by atoms with E-state index in [0.717, 1.165) is 13.1 Å². The molecule has 0 fully saturated rings. The van der Waals surface area contributed by atoms with Crippen LogP contribution in [0.3, 0.4) is 0 Å². The summed E-state index contributed by atoms with van der Waals surface area (Å²) < 4.78 is 2.03.